The van der Waals surface area contributed by atoms with E-state index in [1.165, 1.54) is 90.0 Å². The van der Waals surface area contributed by atoms with Gasteiger partial charge in [-0.1, -0.05) is 77.0 Å². The lowest BCUT2D eigenvalue weighted by Gasteiger charge is -2.23. The van der Waals surface area contributed by atoms with E-state index in [2.05, 4.69) is 31.9 Å². The molecule has 1 fully saturated rings. The Morgan fingerprint density at radius 3 is 2.10 bits per heavy atom. The van der Waals surface area contributed by atoms with Crippen LogP contribution in [0.3, 0.4) is 0 Å². The molecule has 0 unspecified atom stereocenters. The Balaban J connectivity index is 1.08. The fourth-order valence-corrected chi connectivity index (χ4v) is 5.95. The number of pyridine rings is 1. The SMILES string of the molecule is N#CCCCCCCCCCCCCCCCCN1CCCN(c2ccnc(-c3cnc4ccc(C#N)cn34)n2)CC1. The number of nitrogens with zero attached hydrogens (tertiary/aromatic N) is 8. The average Bonchev–Trinajstić information content (AvgIpc) is 3.30. The summed E-state index contributed by atoms with van der Waals surface area (Å²) in [4.78, 5) is 18.9. The molecule has 4 rings (SSSR count). The van der Waals surface area contributed by atoms with Gasteiger partial charge < -0.3 is 9.80 Å². The number of hydrogen-bond acceptors (Lipinski definition) is 7. The first-order valence-electron chi connectivity index (χ1n) is 16.3. The molecule has 1 aliphatic rings. The zero-order chi connectivity index (χ0) is 29.2. The molecule has 8 heteroatoms. The molecule has 0 amide bonds. The van der Waals surface area contributed by atoms with Gasteiger partial charge in [0.2, 0.25) is 0 Å². The number of nitriles is 2. The number of imidazole rings is 1. The maximum absolute atomic E-state index is 9.30. The maximum Gasteiger partial charge on any atom is 0.180 e. The van der Waals surface area contributed by atoms with Crippen molar-refractivity contribution in [2.45, 2.75) is 103 Å². The molecular weight excluding hydrogens is 520 g/mol. The largest absolute Gasteiger partial charge is 0.355 e. The van der Waals surface area contributed by atoms with Gasteiger partial charge in [0.1, 0.15) is 23.2 Å². The van der Waals surface area contributed by atoms with Crippen molar-refractivity contribution in [3.05, 3.63) is 42.4 Å². The summed E-state index contributed by atoms with van der Waals surface area (Å²) < 4.78 is 1.90. The Kier molecular flexibility index (Phi) is 13.6. The summed E-state index contributed by atoms with van der Waals surface area (Å²) in [6.07, 6.45) is 25.9. The molecule has 42 heavy (non-hydrogen) atoms. The average molecular weight is 569 g/mol. The zero-order valence-electron chi connectivity index (χ0n) is 25.4. The molecule has 0 radical (unpaired) electrons. The third-order valence-corrected chi connectivity index (χ3v) is 8.43. The van der Waals surface area contributed by atoms with Crippen molar-refractivity contribution in [1.82, 2.24) is 24.3 Å². The van der Waals surface area contributed by atoms with E-state index in [9.17, 15) is 5.26 Å². The molecule has 0 bridgehead atoms. The standard InChI is InChI=1S/C34H48N8/c35-20-14-12-10-8-6-4-2-1-3-5-7-9-11-13-15-22-40-23-16-24-41(26-25-40)33-19-21-37-34(39-33)31-28-38-32-18-17-30(27-36)29-42(31)32/h17-19,21,28-29H,1-16,22-26H2. The normalized spacial score (nSPS) is 14.1. The second-order valence-corrected chi connectivity index (χ2v) is 11.7. The minimum Gasteiger partial charge on any atom is -0.355 e. The van der Waals surface area contributed by atoms with Crippen molar-refractivity contribution in [2.75, 3.05) is 37.6 Å². The van der Waals surface area contributed by atoms with E-state index in [0.717, 1.165) is 62.6 Å². The van der Waals surface area contributed by atoms with Crippen molar-refractivity contribution in [2.24, 2.45) is 0 Å². The summed E-state index contributed by atoms with van der Waals surface area (Å²) in [5.41, 5.74) is 2.17. The highest BCUT2D eigenvalue weighted by atomic mass is 15.3. The highest BCUT2D eigenvalue weighted by Gasteiger charge is 2.17. The lowest BCUT2D eigenvalue weighted by molar-refractivity contribution is 0.285. The van der Waals surface area contributed by atoms with E-state index < -0.39 is 0 Å². The molecular formula is C34H48N8. The predicted molar refractivity (Wildman–Crippen MR) is 169 cm³/mol. The van der Waals surface area contributed by atoms with Crippen LogP contribution in [0, 0.1) is 22.7 Å². The van der Waals surface area contributed by atoms with Crippen LogP contribution in [0.15, 0.2) is 36.8 Å². The molecule has 3 aromatic rings. The van der Waals surface area contributed by atoms with Gasteiger partial charge in [-0.3, -0.25) is 4.40 Å². The number of unbranched alkanes of at least 4 members (excludes halogenated alkanes) is 14. The monoisotopic (exact) mass is 568 g/mol. The molecule has 0 aliphatic carbocycles. The van der Waals surface area contributed by atoms with Gasteiger partial charge in [-0.25, -0.2) is 15.0 Å². The van der Waals surface area contributed by atoms with Crippen LogP contribution in [-0.2, 0) is 0 Å². The number of fused-ring (bicyclic) bond motifs is 1. The first-order valence-corrected chi connectivity index (χ1v) is 16.3. The van der Waals surface area contributed by atoms with Crippen LogP contribution in [0.4, 0.5) is 5.82 Å². The third-order valence-electron chi connectivity index (χ3n) is 8.43. The summed E-state index contributed by atoms with van der Waals surface area (Å²) in [7, 11) is 0. The Bertz CT molecular complexity index is 1290. The second kappa shape index (κ2) is 18.1. The molecule has 224 valence electrons. The van der Waals surface area contributed by atoms with E-state index in [-0.39, 0.29) is 0 Å². The van der Waals surface area contributed by atoms with Gasteiger partial charge in [-0.15, -0.1) is 0 Å². The van der Waals surface area contributed by atoms with E-state index in [4.69, 9.17) is 10.2 Å². The lowest BCUT2D eigenvalue weighted by atomic mass is 10.0. The molecule has 0 aromatic carbocycles. The molecule has 0 saturated carbocycles. The van der Waals surface area contributed by atoms with Gasteiger partial charge in [0.25, 0.3) is 0 Å². The molecule has 8 nitrogen and oxygen atoms in total. The minimum absolute atomic E-state index is 0.586. The van der Waals surface area contributed by atoms with Crippen LogP contribution in [0.5, 0.6) is 0 Å². The summed E-state index contributed by atoms with van der Waals surface area (Å²) in [6.45, 7) is 5.39. The first kappa shape index (κ1) is 31.4. The summed E-state index contributed by atoms with van der Waals surface area (Å²) >= 11 is 0. The van der Waals surface area contributed by atoms with Crippen molar-refractivity contribution in [1.29, 1.82) is 10.5 Å². The fraction of sp³-hybridized carbons (Fsp3) is 0.618. The topological polar surface area (TPSA) is 97.1 Å². The van der Waals surface area contributed by atoms with Gasteiger partial charge in [-0.05, 0) is 50.6 Å². The number of anilines is 1. The Morgan fingerprint density at radius 2 is 1.40 bits per heavy atom. The molecule has 1 saturated heterocycles. The number of aromatic nitrogens is 4. The zero-order valence-corrected chi connectivity index (χ0v) is 25.4. The van der Waals surface area contributed by atoms with E-state index in [0.29, 0.717) is 11.4 Å². The van der Waals surface area contributed by atoms with Crippen LogP contribution < -0.4 is 4.90 Å². The van der Waals surface area contributed by atoms with Crippen molar-refractivity contribution in [3.8, 4) is 23.7 Å². The van der Waals surface area contributed by atoms with Crippen LogP contribution in [0.2, 0.25) is 0 Å². The number of rotatable bonds is 18. The smallest absolute Gasteiger partial charge is 0.180 e. The first-order chi connectivity index (χ1) is 20.8. The van der Waals surface area contributed by atoms with Crippen molar-refractivity contribution in [3.63, 3.8) is 0 Å². The van der Waals surface area contributed by atoms with Crippen molar-refractivity contribution >= 4 is 11.5 Å². The van der Waals surface area contributed by atoms with Crippen LogP contribution >= 0.6 is 0 Å². The van der Waals surface area contributed by atoms with Gasteiger partial charge in [0.05, 0.1) is 17.8 Å². The van der Waals surface area contributed by atoms with Crippen molar-refractivity contribution < 1.29 is 0 Å². The van der Waals surface area contributed by atoms with Crippen LogP contribution in [0.1, 0.15) is 108 Å². The summed E-state index contributed by atoms with van der Waals surface area (Å²) in [5, 5.41) is 17.9. The van der Waals surface area contributed by atoms with Gasteiger partial charge in [-0.2, -0.15) is 10.5 Å². The van der Waals surface area contributed by atoms with Gasteiger partial charge >= 0.3 is 0 Å². The number of hydrogen-bond donors (Lipinski definition) is 0. The van der Waals surface area contributed by atoms with Crippen LogP contribution in [0.25, 0.3) is 17.2 Å². The molecule has 0 spiro atoms. The Labute approximate surface area is 252 Å². The summed E-state index contributed by atoms with van der Waals surface area (Å²) in [5.74, 6) is 1.59. The van der Waals surface area contributed by atoms with Crippen LogP contribution in [-0.4, -0.2) is 57.0 Å². The molecule has 0 atom stereocenters. The summed E-state index contributed by atoms with van der Waals surface area (Å²) in [6, 6.07) is 10.1. The van der Waals surface area contributed by atoms with E-state index in [1.54, 1.807) is 18.5 Å². The highest BCUT2D eigenvalue weighted by Crippen LogP contribution is 2.22. The highest BCUT2D eigenvalue weighted by molar-refractivity contribution is 5.59. The second-order valence-electron chi connectivity index (χ2n) is 11.7. The minimum atomic E-state index is 0.586. The molecule has 4 heterocycles. The third kappa shape index (κ3) is 10.1. The fourth-order valence-electron chi connectivity index (χ4n) is 5.95. The lowest BCUT2D eigenvalue weighted by Crippen LogP contribution is -2.31. The Hall–Kier alpha value is -3.49. The Morgan fingerprint density at radius 1 is 0.714 bits per heavy atom. The maximum atomic E-state index is 9.30. The van der Waals surface area contributed by atoms with Gasteiger partial charge in [0.15, 0.2) is 5.82 Å². The molecule has 1 aliphatic heterocycles. The quantitative estimate of drug-likeness (QED) is 0.146. The predicted octanol–water partition coefficient (Wildman–Crippen LogP) is 7.55. The van der Waals surface area contributed by atoms with Gasteiger partial charge in [0, 0.05) is 38.4 Å². The van der Waals surface area contributed by atoms with E-state index in [1.807, 2.05) is 22.7 Å². The molecule has 3 aromatic heterocycles. The van der Waals surface area contributed by atoms with E-state index >= 15 is 0 Å². The molecule has 0 N–H and O–H groups in total.